The maximum Gasteiger partial charge on any atom is 0.134 e. The summed E-state index contributed by atoms with van der Waals surface area (Å²) in [7, 11) is 0. The summed E-state index contributed by atoms with van der Waals surface area (Å²) in [5.41, 5.74) is 2.14. The van der Waals surface area contributed by atoms with Gasteiger partial charge >= 0.3 is 0 Å². The third-order valence-corrected chi connectivity index (χ3v) is 3.67. The minimum Gasteiger partial charge on any atom is -0.207 e. The highest BCUT2D eigenvalue weighted by Crippen LogP contribution is 2.35. The van der Waals surface area contributed by atoms with Crippen molar-refractivity contribution in [2.45, 2.75) is 19.2 Å². The average molecular weight is 285 g/mol. The lowest BCUT2D eigenvalue weighted by molar-refractivity contribution is 0.526. The van der Waals surface area contributed by atoms with E-state index < -0.39 is 22.8 Å². The molecule has 0 nitrogen and oxygen atoms in total. The molecule has 0 radical (unpaired) electrons. The standard InChI is InChI=1S/C15H12ClF3/c1-8-4-3-5-11(9(8)2)15(16)14-12(18)6-10(17)7-13(14)19/h3-7,15H,1-2H3. The first kappa shape index (κ1) is 13.9. The average Bonchev–Trinajstić information content (AvgIpc) is 2.31. The van der Waals surface area contributed by atoms with Crippen LogP contribution in [0, 0.1) is 31.3 Å². The van der Waals surface area contributed by atoms with E-state index in [9.17, 15) is 13.2 Å². The maximum absolute atomic E-state index is 13.7. The number of rotatable bonds is 2. The highest BCUT2D eigenvalue weighted by atomic mass is 35.5. The second kappa shape index (κ2) is 5.25. The molecule has 0 fully saturated rings. The first-order chi connectivity index (χ1) is 8.91. The highest BCUT2D eigenvalue weighted by Gasteiger charge is 2.22. The number of alkyl halides is 1. The van der Waals surface area contributed by atoms with E-state index in [1.807, 2.05) is 19.9 Å². The van der Waals surface area contributed by atoms with Gasteiger partial charge in [-0.25, -0.2) is 13.2 Å². The Morgan fingerprint density at radius 1 is 1.00 bits per heavy atom. The summed E-state index contributed by atoms with van der Waals surface area (Å²) >= 11 is 6.17. The first-order valence-electron chi connectivity index (χ1n) is 5.76. The molecule has 100 valence electrons. The Kier molecular flexibility index (Phi) is 3.85. The zero-order valence-corrected chi connectivity index (χ0v) is 11.2. The Morgan fingerprint density at radius 3 is 2.16 bits per heavy atom. The van der Waals surface area contributed by atoms with Crippen LogP contribution >= 0.6 is 11.6 Å². The fraction of sp³-hybridized carbons (Fsp3) is 0.200. The molecule has 0 spiro atoms. The van der Waals surface area contributed by atoms with Gasteiger partial charge in [0.2, 0.25) is 0 Å². The van der Waals surface area contributed by atoms with Crippen LogP contribution < -0.4 is 0 Å². The molecule has 2 aromatic carbocycles. The molecule has 2 rings (SSSR count). The van der Waals surface area contributed by atoms with Crippen molar-refractivity contribution in [3.8, 4) is 0 Å². The zero-order valence-electron chi connectivity index (χ0n) is 10.5. The Morgan fingerprint density at radius 2 is 1.58 bits per heavy atom. The van der Waals surface area contributed by atoms with Crippen molar-refractivity contribution in [2.24, 2.45) is 0 Å². The second-order valence-electron chi connectivity index (χ2n) is 4.43. The number of halogens is 4. The quantitative estimate of drug-likeness (QED) is 0.677. The Balaban J connectivity index is 2.56. The van der Waals surface area contributed by atoms with E-state index in [2.05, 4.69) is 0 Å². The molecule has 0 amide bonds. The SMILES string of the molecule is Cc1cccc(C(Cl)c2c(F)cc(F)cc2F)c1C. The van der Waals surface area contributed by atoms with Gasteiger partial charge in [0.25, 0.3) is 0 Å². The second-order valence-corrected chi connectivity index (χ2v) is 4.87. The molecule has 2 aromatic rings. The predicted octanol–water partition coefficient (Wildman–Crippen LogP) is 5.05. The van der Waals surface area contributed by atoms with Crippen LogP contribution in [0.5, 0.6) is 0 Å². The Hall–Kier alpha value is -1.48. The molecule has 0 saturated carbocycles. The van der Waals surface area contributed by atoms with Crippen molar-refractivity contribution in [1.29, 1.82) is 0 Å². The van der Waals surface area contributed by atoms with Gasteiger partial charge in [0.15, 0.2) is 0 Å². The van der Waals surface area contributed by atoms with Crippen molar-refractivity contribution in [3.05, 3.63) is 70.0 Å². The molecular formula is C15H12ClF3. The van der Waals surface area contributed by atoms with Gasteiger partial charge in [-0.1, -0.05) is 18.2 Å². The molecule has 1 unspecified atom stereocenters. The van der Waals surface area contributed by atoms with E-state index in [1.54, 1.807) is 12.1 Å². The van der Waals surface area contributed by atoms with Crippen LogP contribution in [0.2, 0.25) is 0 Å². The van der Waals surface area contributed by atoms with Crippen molar-refractivity contribution >= 4 is 11.6 Å². The highest BCUT2D eigenvalue weighted by molar-refractivity contribution is 6.22. The molecule has 0 saturated heterocycles. The van der Waals surface area contributed by atoms with Crippen molar-refractivity contribution in [2.75, 3.05) is 0 Å². The van der Waals surface area contributed by atoms with E-state index in [0.717, 1.165) is 11.1 Å². The van der Waals surface area contributed by atoms with Gasteiger partial charge in [0.1, 0.15) is 17.5 Å². The fourth-order valence-corrected chi connectivity index (χ4v) is 2.44. The monoisotopic (exact) mass is 284 g/mol. The molecule has 19 heavy (non-hydrogen) atoms. The molecule has 0 aliphatic heterocycles. The van der Waals surface area contributed by atoms with Gasteiger partial charge in [0, 0.05) is 17.7 Å². The van der Waals surface area contributed by atoms with Gasteiger partial charge in [-0.05, 0) is 30.5 Å². The van der Waals surface area contributed by atoms with Gasteiger partial charge in [-0.15, -0.1) is 11.6 Å². The molecule has 0 heterocycles. The molecule has 4 heteroatoms. The third kappa shape index (κ3) is 2.61. The smallest absolute Gasteiger partial charge is 0.134 e. The summed E-state index contributed by atoms with van der Waals surface area (Å²) in [4.78, 5) is 0. The predicted molar refractivity (Wildman–Crippen MR) is 69.9 cm³/mol. The molecule has 0 N–H and O–H groups in total. The molecule has 0 bridgehead atoms. The van der Waals surface area contributed by atoms with Crippen LogP contribution in [0.25, 0.3) is 0 Å². The lowest BCUT2D eigenvalue weighted by atomic mass is 9.96. The maximum atomic E-state index is 13.7. The zero-order chi connectivity index (χ0) is 14.2. The summed E-state index contributed by atoms with van der Waals surface area (Å²) in [5.74, 6) is -2.90. The van der Waals surface area contributed by atoms with E-state index in [-0.39, 0.29) is 5.56 Å². The van der Waals surface area contributed by atoms with Crippen LogP contribution in [0.15, 0.2) is 30.3 Å². The van der Waals surface area contributed by atoms with E-state index >= 15 is 0 Å². The largest absolute Gasteiger partial charge is 0.207 e. The van der Waals surface area contributed by atoms with Gasteiger partial charge < -0.3 is 0 Å². The lowest BCUT2D eigenvalue weighted by Crippen LogP contribution is -2.04. The molecule has 0 aromatic heterocycles. The van der Waals surface area contributed by atoms with Gasteiger partial charge in [-0.2, -0.15) is 0 Å². The number of hydrogen-bond donors (Lipinski definition) is 0. The summed E-state index contributed by atoms with van der Waals surface area (Å²) in [6, 6.07) is 6.65. The van der Waals surface area contributed by atoms with Gasteiger partial charge in [-0.3, -0.25) is 0 Å². The molecule has 1 atom stereocenters. The number of aryl methyl sites for hydroxylation is 1. The summed E-state index contributed by atoms with van der Waals surface area (Å²) < 4.78 is 40.3. The van der Waals surface area contributed by atoms with Gasteiger partial charge in [0.05, 0.1) is 5.38 Å². The lowest BCUT2D eigenvalue weighted by Gasteiger charge is -2.16. The van der Waals surface area contributed by atoms with Crippen LogP contribution in [-0.2, 0) is 0 Å². The van der Waals surface area contributed by atoms with Crippen LogP contribution in [0.1, 0.15) is 27.6 Å². The summed E-state index contributed by atoms with van der Waals surface area (Å²) in [5, 5.41) is -0.986. The fourth-order valence-electron chi connectivity index (χ4n) is 2.00. The van der Waals surface area contributed by atoms with Crippen LogP contribution in [-0.4, -0.2) is 0 Å². The van der Waals surface area contributed by atoms with E-state index in [4.69, 9.17) is 11.6 Å². The topological polar surface area (TPSA) is 0 Å². The first-order valence-corrected chi connectivity index (χ1v) is 6.20. The van der Waals surface area contributed by atoms with E-state index in [1.165, 1.54) is 0 Å². The third-order valence-electron chi connectivity index (χ3n) is 3.22. The molecule has 0 aliphatic carbocycles. The number of hydrogen-bond acceptors (Lipinski definition) is 0. The normalized spacial score (nSPS) is 12.5. The van der Waals surface area contributed by atoms with Crippen LogP contribution in [0.3, 0.4) is 0 Å². The van der Waals surface area contributed by atoms with Crippen molar-refractivity contribution in [3.63, 3.8) is 0 Å². The van der Waals surface area contributed by atoms with Crippen molar-refractivity contribution in [1.82, 2.24) is 0 Å². The molecular weight excluding hydrogens is 273 g/mol. The van der Waals surface area contributed by atoms with Crippen LogP contribution in [0.4, 0.5) is 13.2 Å². The summed E-state index contributed by atoms with van der Waals surface area (Å²) in [6.45, 7) is 3.72. The summed E-state index contributed by atoms with van der Waals surface area (Å²) in [6.07, 6.45) is 0. The Bertz CT molecular complexity index is 600. The van der Waals surface area contributed by atoms with Crippen molar-refractivity contribution < 1.29 is 13.2 Å². The minimum absolute atomic E-state index is 0.322. The number of benzene rings is 2. The minimum atomic E-state index is -0.986. The molecule has 0 aliphatic rings. The Labute approximate surface area is 114 Å². The van der Waals surface area contributed by atoms with E-state index in [0.29, 0.717) is 17.7 Å².